The molecule has 0 saturated carbocycles. The van der Waals surface area contributed by atoms with E-state index >= 15 is 0 Å². The summed E-state index contributed by atoms with van der Waals surface area (Å²) in [5.41, 5.74) is -0.417. The van der Waals surface area contributed by atoms with Gasteiger partial charge in [0.2, 0.25) is 0 Å². The van der Waals surface area contributed by atoms with Crippen LogP contribution in [-0.4, -0.2) is 17.8 Å². The van der Waals surface area contributed by atoms with Crippen LogP contribution in [0.25, 0.3) is 11.0 Å². The van der Waals surface area contributed by atoms with Gasteiger partial charge < -0.3 is 14.3 Å². The Labute approximate surface area is 104 Å². The summed E-state index contributed by atoms with van der Waals surface area (Å²) < 4.78 is 11.1. The van der Waals surface area contributed by atoms with Crippen molar-refractivity contribution in [2.24, 2.45) is 0 Å². The monoisotopic (exact) mass is 252 g/mol. The van der Waals surface area contributed by atoms with Crippen molar-refractivity contribution in [3.05, 3.63) is 35.0 Å². The molecule has 2 unspecified atom stereocenters. The SMILES string of the molecule is CC1OCCC1(O)c1cc2cccc(Cl)c2o1. The van der Waals surface area contributed by atoms with Gasteiger partial charge in [-0.05, 0) is 19.1 Å². The standard InChI is InChI=1S/C13H13ClO3/c1-8-13(15,5-6-16-8)11-7-9-3-2-4-10(14)12(9)17-11/h2-4,7-8,15H,5-6H2,1H3. The topological polar surface area (TPSA) is 42.6 Å². The van der Waals surface area contributed by atoms with Gasteiger partial charge in [0, 0.05) is 11.8 Å². The van der Waals surface area contributed by atoms with Gasteiger partial charge >= 0.3 is 0 Å². The molecule has 4 heteroatoms. The number of fused-ring (bicyclic) bond motifs is 1. The number of halogens is 1. The van der Waals surface area contributed by atoms with Gasteiger partial charge in [0.15, 0.2) is 5.58 Å². The Morgan fingerprint density at radius 1 is 1.47 bits per heavy atom. The predicted molar refractivity (Wildman–Crippen MR) is 65.2 cm³/mol. The van der Waals surface area contributed by atoms with Crippen molar-refractivity contribution in [1.29, 1.82) is 0 Å². The summed E-state index contributed by atoms with van der Waals surface area (Å²) in [5, 5.41) is 12.0. The first-order valence-corrected chi connectivity index (χ1v) is 6.01. The molecule has 3 rings (SSSR count). The van der Waals surface area contributed by atoms with Gasteiger partial charge in [-0.1, -0.05) is 23.7 Å². The van der Waals surface area contributed by atoms with Gasteiger partial charge in [-0.25, -0.2) is 0 Å². The quantitative estimate of drug-likeness (QED) is 0.848. The molecule has 0 aliphatic carbocycles. The van der Waals surface area contributed by atoms with E-state index in [2.05, 4.69) is 0 Å². The first-order chi connectivity index (χ1) is 8.11. The number of benzene rings is 1. The molecule has 2 heterocycles. The van der Waals surface area contributed by atoms with Crippen molar-refractivity contribution in [2.75, 3.05) is 6.61 Å². The molecule has 1 aromatic heterocycles. The van der Waals surface area contributed by atoms with E-state index in [1.807, 2.05) is 25.1 Å². The Bertz CT molecular complexity index is 563. The number of furan rings is 1. The summed E-state index contributed by atoms with van der Waals surface area (Å²) in [6.45, 7) is 2.39. The predicted octanol–water partition coefficient (Wildman–Crippen LogP) is 3.08. The van der Waals surface area contributed by atoms with Crippen LogP contribution in [0.1, 0.15) is 19.1 Å². The number of hydrogen-bond donors (Lipinski definition) is 1. The molecule has 1 aromatic carbocycles. The number of hydrogen-bond acceptors (Lipinski definition) is 3. The highest BCUT2D eigenvalue weighted by Crippen LogP contribution is 2.39. The minimum absolute atomic E-state index is 0.262. The van der Waals surface area contributed by atoms with E-state index in [1.54, 1.807) is 6.07 Å². The minimum atomic E-state index is -1.04. The molecular formula is C13H13ClO3. The van der Waals surface area contributed by atoms with Gasteiger partial charge in [-0.15, -0.1) is 0 Å². The highest BCUT2D eigenvalue weighted by Gasteiger charge is 2.44. The van der Waals surface area contributed by atoms with Crippen LogP contribution in [0.3, 0.4) is 0 Å². The van der Waals surface area contributed by atoms with Crippen LogP contribution < -0.4 is 0 Å². The maximum absolute atomic E-state index is 10.6. The van der Waals surface area contributed by atoms with Crippen LogP contribution in [0.2, 0.25) is 5.02 Å². The largest absolute Gasteiger partial charge is 0.456 e. The highest BCUT2D eigenvalue weighted by atomic mass is 35.5. The Hall–Kier alpha value is -1.03. The zero-order valence-electron chi connectivity index (χ0n) is 9.44. The summed E-state index contributed by atoms with van der Waals surface area (Å²) in [5.74, 6) is 0.533. The van der Waals surface area contributed by atoms with E-state index < -0.39 is 5.60 Å². The zero-order valence-corrected chi connectivity index (χ0v) is 10.2. The lowest BCUT2D eigenvalue weighted by atomic mass is 9.93. The molecular weight excluding hydrogens is 240 g/mol. The zero-order chi connectivity index (χ0) is 12.0. The number of aliphatic hydroxyl groups is 1. The third kappa shape index (κ3) is 1.58. The minimum Gasteiger partial charge on any atom is -0.456 e. The first-order valence-electron chi connectivity index (χ1n) is 5.64. The average molecular weight is 253 g/mol. The van der Waals surface area contributed by atoms with Gasteiger partial charge in [0.1, 0.15) is 11.4 Å². The maximum Gasteiger partial charge on any atom is 0.153 e. The van der Waals surface area contributed by atoms with Gasteiger partial charge in [0.25, 0.3) is 0 Å². The fraction of sp³-hybridized carbons (Fsp3) is 0.385. The van der Waals surface area contributed by atoms with Crippen molar-refractivity contribution >= 4 is 22.6 Å². The van der Waals surface area contributed by atoms with Crippen molar-refractivity contribution < 1.29 is 14.3 Å². The number of rotatable bonds is 1. The molecule has 1 fully saturated rings. The number of ether oxygens (including phenoxy) is 1. The van der Waals surface area contributed by atoms with Crippen LogP contribution in [0.5, 0.6) is 0 Å². The van der Waals surface area contributed by atoms with E-state index in [9.17, 15) is 5.11 Å². The van der Waals surface area contributed by atoms with E-state index in [1.165, 1.54) is 0 Å². The molecule has 0 bridgehead atoms. The first kappa shape index (κ1) is 11.1. The normalized spacial score (nSPS) is 29.0. The average Bonchev–Trinajstić information content (AvgIpc) is 2.86. The second kappa shape index (κ2) is 3.73. The summed E-state index contributed by atoms with van der Waals surface area (Å²) >= 11 is 6.05. The lowest BCUT2D eigenvalue weighted by Crippen LogP contribution is -2.32. The fourth-order valence-electron chi connectivity index (χ4n) is 2.30. The summed E-state index contributed by atoms with van der Waals surface area (Å²) in [4.78, 5) is 0. The summed E-state index contributed by atoms with van der Waals surface area (Å²) in [7, 11) is 0. The van der Waals surface area contributed by atoms with Gasteiger partial charge in [0.05, 0.1) is 17.7 Å². The summed E-state index contributed by atoms with van der Waals surface area (Å²) in [6.07, 6.45) is 0.285. The van der Waals surface area contributed by atoms with E-state index in [0.717, 1.165) is 5.39 Å². The molecule has 1 aliphatic rings. The number of para-hydroxylation sites is 1. The highest BCUT2D eigenvalue weighted by molar-refractivity contribution is 6.34. The van der Waals surface area contributed by atoms with Crippen LogP contribution in [0.15, 0.2) is 28.7 Å². The maximum atomic E-state index is 10.6. The smallest absolute Gasteiger partial charge is 0.153 e. The molecule has 0 amide bonds. The third-order valence-electron chi connectivity index (χ3n) is 3.45. The lowest BCUT2D eigenvalue weighted by molar-refractivity contribution is -0.0451. The Morgan fingerprint density at radius 2 is 2.29 bits per heavy atom. The summed E-state index contributed by atoms with van der Waals surface area (Å²) in [6, 6.07) is 7.39. The van der Waals surface area contributed by atoms with Crippen molar-refractivity contribution in [3.63, 3.8) is 0 Å². The van der Waals surface area contributed by atoms with Crippen molar-refractivity contribution in [2.45, 2.75) is 25.0 Å². The van der Waals surface area contributed by atoms with Crippen molar-refractivity contribution in [1.82, 2.24) is 0 Å². The molecule has 1 saturated heterocycles. The van der Waals surface area contributed by atoms with Crippen molar-refractivity contribution in [3.8, 4) is 0 Å². The molecule has 0 spiro atoms. The molecule has 3 nitrogen and oxygen atoms in total. The van der Waals surface area contributed by atoms with E-state index in [4.69, 9.17) is 20.8 Å². The molecule has 17 heavy (non-hydrogen) atoms. The Kier molecular flexibility index (Phi) is 2.43. The second-order valence-corrected chi connectivity index (χ2v) is 4.86. The molecule has 2 atom stereocenters. The van der Waals surface area contributed by atoms with Crippen LogP contribution in [0.4, 0.5) is 0 Å². The Balaban J connectivity index is 2.15. The van der Waals surface area contributed by atoms with Crippen LogP contribution in [-0.2, 0) is 10.3 Å². The molecule has 0 radical (unpaired) electrons. The van der Waals surface area contributed by atoms with Crippen LogP contribution in [0, 0.1) is 0 Å². The molecule has 1 aliphatic heterocycles. The molecule has 2 aromatic rings. The molecule has 90 valence electrons. The molecule has 1 N–H and O–H groups in total. The lowest BCUT2D eigenvalue weighted by Gasteiger charge is -2.23. The van der Waals surface area contributed by atoms with Gasteiger partial charge in [-0.3, -0.25) is 0 Å². The third-order valence-corrected chi connectivity index (χ3v) is 3.74. The van der Waals surface area contributed by atoms with Gasteiger partial charge in [-0.2, -0.15) is 0 Å². The fourth-order valence-corrected chi connectivity index (χ4v) is 2.52. The second-order valence-electron chi connectivity index (χ2n) is 4.46. The van der Waals surface area contributed by atoms with E-state index in [-0.39, 0.29) is 6.10 Å². The Morgan fingerprint density at radius 3 is 2.94 bits per heavy atom. The van der Waals surface area contributed by atoms with Crippen LogP contribution >= 0.6 is 11.6 Å². The van der Waals surface area contributed by atoms with E-state index in [0.29, 0.717) is 29.4 Å².